The van der Waals surface area contributed by atoms with E-state index < -0.39 is 0 Å². The lowest BCUT2D eigenvalue weighted by atomic mass is 10.0. The molecule has 28 heavy (non-hydrogen) atoms. The van der Waals surface area contributed by atoms with Crippen molar-refractivity contribution in [2.24, 2.45) is 0 Å². The van der Waals surface area contributed by atoms with Crippen molar-refractivity contribution in [1.82, 2.24) is 0 Å². The van der Waals surface area contributed by atoms with Gasteiger partial charge < -0.3 is 4.74 Å². The number of benzene rings is 2. The first-order valence-corrected chi connectivity index (χ1v) is 10.4. The van der Waals surface area contributed by atoms with Crippen molar-refractivity contribution in [3.8, 4) is 11.5 Å². The van der Waals surface area contributed by atoms with Gasteiger partial charge in [0.25, 0.3) is 0 Å². The predicted octanol–water partition coefficient (Wildman–Crippen LogP) is 8.13. The summed E-state index contributed by atoms with van der Waals surface area (Å²) in [6.45, 7) is 17.6. The molecule has 3 N–H and O–H groups in total. The molecule has 2 aromatic carbocycles. The average molecular weight is 429 g/mol. The molecule has 0 heterocycles. The predicted molar refractivity (Wildman–Crippen MR) is 124 cm³/mol. The van der Waals surface area contributed by atoms with Crippen molar-refractivity contribution in [2.45, 2.75) is 60.8 Å². The number of halogens is 2. The van der Waals surface area contributed by atoms with Gasteiger partial charge in [0, 0.05) is 16.7 Å². The molecule has 0 unspecified atom stereocenters. The van der Waals surface area contributed by atoms with Crippen LogP contribution in [-0.4, -0.2) is 5.21 Å². The Morgan fingerprint density at radius 2 is 1.64 bits per heavy atom. The molecule has 0 aromatic heterocycles. The van der Waals surface area contributed by atoms with E-state index in [1.165, 1.54) is 6.42 Å². The Morgan fingerprint density at radius 1 is 1.11 bits per heavy atom. The van der Waals surface area contributed by atoms with Crippen LogP contribution in [0.25, 0.3) is 0 Å². The van der Waals surface area contributed by atoms with E-state index in [9.17, 15) is 5.21 Å². The van der Waals surface area contributed by atoms with Crippen molar-refractivity contribution in [3.63, 3.8) is 0 Å². The summed E-state index contributed by atoms with van der Waals surface area (Å²) in [4.78, 5) is 0. The van der Waals surface area contributed by atoms with Gasteiger partial charge in [-0.25, -0.2) is 5.21 Å². The normalized spacial score (nSPS) is 9.11. The van der Waals surface area contributed by atoms with Crippen LogP contribution in [0.2, 0.25) is 10.0 Å². The Bertz CT molecular complexity index is 674. The van der Waals surface area contributed by atoms with Gasteiger partial charge in [0.1, 0.15) is 11.5 Å². The molecule has 0 saturated heterocycles. The third kappa shape index (κ3) is 11.4. The maximum atomic E-state index is 9.22. The fraction of sp³-hybridized carbons (Fsp3) is 0.391. The van der Waals surface area contributed by atoms with Crippen LogP contribution in [0.15, 0.2) is 49.1 Å². The quantitative estimate of drug-likeness (QED) is 0.293. The Kier molecular flexibility index (Phi) is 18.0. The molecule has 0 saturated carbocycles. The SMILES string of the molecule is C=CC.CC.CC(C)c1cc(Oc2ccc(Cl)cc2Cl)ccc1[NH2+]O.CCC. The van der Waals surface area contributed by atoms with E-state index in [1.807, 2.05) is 32.9 Å². The topological polar surface area (TPSA) is 46.1 Å². The largest absolute Gasteiger partial charge is 0.456 e. The van der Waals surface area contributed by atoms with Crippen LogP contribution in [0.4, 0.5) is 5.69 Å². The zero-order valence-corrected chi connectivity index (χ0v) is 19.7. The van der Waals surface area contributed by atoms with Crippen molar-refractivity contribution >= 4 is 28.9 Å². The molecule has 2 rings (SSSR count). The molecular formula is C23H36Cl2NO2+. The highest BCUT2D eigenvalue weighted by atomic mass is 35.5. The lowest BCUT2D eigenvalue weighted by molar-refractivity contribution is -0.826. The van der Waals surface area contributed by atoms with Gasteiger partial charge >= 0.3 is 0 Å². The van der Waals surface area contributed by atoms with Crippen molar-refractivity contribution in [2.75, 3.05) is 0 Å². The molecule has 0 radical (unpaired) electrons. The Labute approximate surface area is 181 Å². The zero-order valence-electron chi connectivity index (χ0n) is 18.2. The summed E-state index contributed by atoms with van der Waals surface area (Å²) in [5, 5.41) is 10.2. The molecule has 0 atom stereocenters. The zero-order chi connectivity index (χ0) is 22.1. The first kappa shape index (κ1) is 28.7. The number of allylic oxidation sites excluding steroid dienone is 1. The second kappa shape index (κ2) is 17.6. The maximum Gasteiger partial charge on any atom is 0.165 e. The van der Waals surface area contributed by atoms with Gasteiger partial charge in [-0.1, -0.05) is 77.2 Å². The summed E-state index contributed by atoms with van der Waals surface area (Å²) in [5.41, 5.74) is 2.90. The minimum Gasteiger partial charge on any atom is -0.456 e. The molecule has 0 fully saturated rings. The summed E-state index contributed by atoms with van der Waals surface area (Å²) in [6, 6.07) is 10.6. The minimum absolute atomic E-state index is 0.276. The minimum atomic E-state index is 0.276. The third-order valence-electron chi connectivity index (χ3n) is 2.94. The van der Waals surface area contributed by atoms with Gasteiger partial charge in [0.05, 0.1) is 5.02 Å². The standard InChI is InChI=1S/C15H15Cl2NO2.C3H8.C3H6.C2H6/c1-9(2)12-8-11(4-5-14(12)18-19)20-15-6-3-10(16)7-13(15)17;2*1-3-2;1-2/h3-9,18-19H,1-2H3;3H2,1-2H3;3H,1H2,2H3;1-2H3/p+1. The lowest BCUT2D eigenvalue weighted by Crippen LogP contribution is -2.74. The monoisotopic (exact) mass is 428 g/mol. The fourth-order valence-corrected chi connectivity index (χ4v) is 2.37. The van der Waals surface area contributed by atoms with Crippen molar-refractivity contribution in [3.05, 3.63) is 64.7 Å². The van der Waals surface area contributed by atoms with Gasteiger partial charge in [0.2, 0.25) is 0 Å². The van der Waals surface area contributed by atoms with E-state index in [-0.39, 0.29) is 5.92 Å². The van der Waals surface area contributed by atoms with Gasteiger partial charge in [-0.05, 0) is 43.2 Å². The number of hydrogen-bond acceptors (Lipinski definition) is 2. The molecule has 3 nitrogen and oxygen atoms in total. The van der Waals surface area contributed by atoms with Crippen LogP contribution in [0.1, 0.15) is 66.4 Å². The fourth-order valence-electron chi connectivity index (χ4n) is 1.92. The van der Waals surface area contributed by atoms with Gasteiger partial charge in [-0.15, -0.1) is 6.58 Å². The Balaban J connectivity index is 0. The molecule has 5 heteroatoms. The summed E-state index contributed by atoms with van der Waals surface area (Å²) in [7, 11) is 0. The molecule has 0 amide bonds. The molecule has 0 aliphatic carbocycles. The molecule has 158 valence electrons. The van der Waals surface area contributed by atoms with E-state index >= 15 is 0 Å². The Morgan fingerprint density at radius 3 is 2.07 bits per heavy atom. The van der Waals surface area contributed by atoms with Crippen LogP contribution in [0, 0.1) is 0 Å². The summed E-state index contributed by atoms with van der Waals surface area (Å²) < 4.78 is 5.77. The first-order valence-electron chi connectivity index (χ1n) is 9.65. The molecule has 0 spiro atoms. The Hall–Kier alpha value is -1.52. The summed E-state index contributed by atoms with van der Waals surface area (Å²) >= 11 is 11.9. The molecule has 2 aromatic rings. The van der Waals surface area contributed by atoms with E-state index in [0.29, 0.717) is 21.5 Å². The van der Waals surface area contributed by atoms with E-state index in [0.717, 1.165) is 16.7 Å². The molecular weight excluding hydrogens is 393 g/mol. The van der Waals surface area contributed by atoms with Crippen LogP contribution in [0.3, 0.4) is 0 Å². The van der Waals surface area contributed by atoms with Crippen LogP contribution < -0.4 is 10.2 Å². The summed E-state index contributed by atoms with van der Waals surface area (Å²) in [6.07, 6.45) is 3.00. The average Bonchev–Trinajstić information content (AvgIpc) is 2.67. The second-order valence-corrected chi connectivity index (χ2v) is 6.71. The van der Waals surface area contributed by atoms with Gasteiger partial charge in [-0.2, -0.15) is 5.48 Å². The van der Waals surface area contributed by atoms with Gasteiger partial charge in [0.15, 0.2) is 5.69 Å². The number of quaternary nitrogens is 1. The molecule has 0 aliphatic heterocycles. The van der Waals surface area contributed by atoms with E-state index in [4.69, 9.17) is 27.9 Å². The van der Waals surface area contributed by atoms with E-state index in [1.54, 1.807) is 30.3 Å². The number of rotatable bonds is 4. The maximum absolute atomic E-state index is 9.22. The highest BCUT2D eigenvalue weighted by molar-refractivity contribution is 6.35. The van der Waals surface area contributed by atoms with E-state index in [2.05, 4.69) is 34.3 Å². The van der Waals surface area contributed by atoms with Crippen molar-refractivity contribution in [1.29, 1.82) is 0 Å². The van der Waals surface area contributed by atoms with Crippen LogP contribution >= 0.6 is 23.2 Å². The number of ether oxygens (including phenoxy) is 1. The first-order chi connectivity index (χ1) is 13.3. The lowest BCUT2D eigenvalue weighted by Gasteiger charge is -2.12. The summed E-state index contributed by atoms with van der Waals surface area (Å²) in [5.74, 6) is 1.49. The van der Waals surface area contributed by atoms with Crippen LogP contribution in [-0.2, 0) is 0 Å². The smallest absolute Gasteiger partial charge is 0.165 e. The highest BCUT2D eigenvalue weighted by Gasteiger charge is 2.12. The number of hydrogen-bond donors (Lipinski definition) is 2. The third-order valence-corrected chi connectivity index (χ3v) is 3.47. The van der Waals surface area contributed by atoms with Crippen LogP contribution in [0.5, 0.6) is 11.5 Å². The second-order valence-electron chi connectivity index (χ2n) is 5.87. The molecule has 0 bridgehead atoms. The van der Waals surface area contributed by atoms with Gasteiger partial charge in [-0.3, -0.25) is 0 Å². The highest BCUT2D eigenvalue weighted by Crippen LogP contribution is 2.33. The number of nitrogens with two attached hydrogens (primary N) is 1. The van der Waals surface area contributed by atoms with Crippen molar-refractivity contribution < 1.29 is 15.4 Å². The molecule has 0 aliphatic rings.